The minimum Gasteiger partial charge on any atom is -0.396 e. The van der Waals surface area contributed by atoms with E-state index >= 15 is 0 Å². The van der Waals surface area contributed by atoms with Crippen molar-refractivity contribution in [3.63, 3.8) is 0 Å². The molecule has 0 saturated heterocycles. The quantitative estimate of drug-likeness (QED) is 0.615. The fourth-order valence-electron chi connectivity index (χ4n) is 0.990. The summed E-state index contributed by atoms with van der Waals surface area (Å²) in [4.78, 5) is 0. The highest BCUT2D eigenvalue weighted by Crippen LogP contribution is 2.15. The average molecular weight is 199 g/mol. The van der Waals surface area contributed by atoms with E-state index in [4.69, 9.17) is 10.2 Å². The summed E-state index contributed by atoms with van der Waals surface area (Å²) in [5.74, 6) is 0. The summed E-state index contributed by atoms with van der Waals surface area (Å²) in [7, 11) is 1.84. The van der Waals surface area contributed by atoms with E-state index in [1.807, 2.05) is 20.2 Å². The van der Waals surface area contributed by atoms with Crippen molar-refractivity contribution in [2.75, 3.05) is 25.1 Å². The van der Waals surface area contributed by atoms with Crippen LogP contribution in [-0.4, -0.2) is 39.8 Å². The molecule has 0 radical (unpaired) electrons. The van der Waals surface area contributed by atoms with E-state index in [0.29, 0.717) is 6.54 Å². The Morgan fingerprint density at radius 1 is 1.50 bits per heavy atom. The Morgan fingerprint density at radius 2 is 2.14 bits per heavy atom. The molecule has 0 amide bonds. The first-order valence-corrected chi connectivity index (χ1v) is 4.54. The Kier molecular flexibility index (Phi) is 3.49. The number of rotatable bonds is 5. The maximum absolute atomic E-state index is 9.05. The third kappa shape index (κ3) is 2.71. The van der Waals surface area contributed by atoms with E-state index in [-0.39, 0.29) is 13.2 Å². The predicted octanol–water partition coefficient (Wildman–Crippen LogP) is -0.177. The molecule has 0 aromatic carbocycles. The smallest absolute Gasteiger partial charge is 0.0726 e. The van der Waals surface area contributed by atoms with E-state index in [0.717, 1.165) is 5.69 Å². The molecule has 5 nitrogen and oxygen atoms in total. The first kappa shape index (κ1) is 11.0. The number of aliphatic hydroxyl groups excluding tert-OH is 2. The van der Waals surface area contributed by atoms with Gasteiger partial charge in [0.25, 0.3) is 0 Å². The highest BCUT2D eigenvalue weighted by Gasteiger charge is 2.21. The number of nitrogens with zero attached hydrogens (tertiary/aromatic N) is 2. The second kappa shape index (κ2) is 4.43. The maximum atomic E-state index is 9.05. The Hall–Kier alpha value is -1.07. The van der Waals surface area contributed by atoms with Crippen LogP contribution in [0.1, 0.15) is 6.92 Å². The lowest BCUT2D eigenvalue weighted by atomic mass is 9.93. The van der Waals surface area contributed by atoms with Crippen LogP contribution in [0.25, 0.3) is 0 Å². The van der Waals surface area contributed by atoms with Crippen molar-refractivity contribution in [3.8, 4) is 0 Å². The molecule has 80 valence electrons. The van der Waals surface area contributed by atoms with Crippen LogP contribution in [0, 0.1) is 5.41 Å². The number of anilines is 1. The largest absolute Gasteiger partial charge is 0.396 e. The highest BCUT2D eigenvalue weighted by molar-refractivity contribution is 5.38. The average Bonchev–Trinajstić information content (AvgIpc) is 2.61. The Morgan fingerprint density at radius 3 is 2.57 bits per heavy atom. The summed E-state index contributed by atoms with van der Waals surface area (Å²) in [6, 6.07) is 0. The number of nitrogens with one attached hydrogen (secondary N) is 1. The van der Waals surface area contributed by atoms with Gasteiger partial charge in [-0.1, -0.05) is 6.92 Å². The molecule has 0 aliphatic rings. The molecule has 3 N–H and O–H groups in total. The van der Waals surface area contributed by atoms with Gasteiger partial charge >= 0.3 is 0 Å². The van der Waals surface area contributed by atoms with Gasteiger partial charge in [0.05, 0.1) is 25.1 Å². The van der Waals surface area contributed by atoms with E-state index < -0.39 is 5.41 Å². The SMILES string of the molecule is Cn1cc(NCC(C)(CO)CO)cn1. The van der Waals surface area contributed by atoms with Crippen LogP contribution in [-0.2, 0) is 7.05 Å². The van der Waals surface area contributed by atoms with Crippen molar-refractivity contribution in [1.29, 1.82) is 0 Å². The van der Waals surface area contributed by atoms with Crippen molar-refractivity contribution < 1.29 is 10.2 Å². The standard InChI is InChI=1S/C9H17N3O2/c1-9(6-13,7-14)5-10-8-3-11-12(2)4-8/h3-4,10,13-14H,5-7H2,1-2H3. The van der Waals surface area contributed by atoms with Gasteiger partial charge in [-0.2, -0.15) is 5.10 Å². The summed E-state index contributed by atoms with van der Waals surface area (Å²) in [6.07, 6.45) is 3.55. The van der Waals surface area contributed by atoms with Crippen LogP contribution >= 0.6 is 0 Å². The third-order valence-electron chi connectivity index (χ3n) is 2.19. The number of hydrogen-bond acceptors (Lipinski definition) is 4. The first-order valence-electron chi connectivity index (χ1n) is 4.54. The van der Waals surface area contributed by atoms with Crippen LogP contribution < -0.4 is 5.32 Å². The minimum absolute atomic E-state index is 0.0449. The number of hydrogen-bond donors (Lipinski definition) is 3. The highest BCUT2D eigenvalue weighted by atomic mass is 16.3. The zero-order valence-electron chi connectivity index (χ0n) is 8.56. The first-order chi connectivity index (χ1) is 6.59. The van der Waals surface area contributed by atoms with Gasteiger partial charge in [-0.3, -0.25) is 4.68 Å². The molecule has 0 bridgehead atoms. The van der Waals surface area contributed by atoms with Crippen molar-refractivity contribution in [2.24, 2.45) is 12.5 Å². The van der Waals surface area contributed by atoms with Crippen molar-refractivity contribution in [1.82, 2.24) is 9.78 Å². The fourth-order valence-corrected chi connectivity index (χ4v) is 0.990. The second-order valence-corrected chi connectivity index (χ2v) is 3.88. The lowest BCUT2D eigenvalue weighted by Gasteiger charge is -2.24. The molecule has 1 aromatic heterocycles. The van der Waals surface area contributed by atoms with Crippen LogP contribution in [0.4, 0.5) is 5.69 Å². The van der Waals surface area contributed by atoms with Crippen molar-refractivity contribution in [2.45, 2.75) is 6.92 Å². The topological polar surface area (TPSA) is 70.3 Å². The Labute approximate surface area is 83.4 Å². The molecule has 1 rings (SSSR count). The molecular formula is C9H17N3O2. The van der Waals surface area contributed by atoms with Crippen LogP contribution in [0.15, 0.2) is 12.4 Å². The molecule has 0 saturated carbocycles. The van der Waals surface area contributed by atoms with E-state index in [1.165, 1.54) is 0 Å². The van der Waals surface area contributed by atoms with Gasteiger partial charge in [-0.05, 0) is 0 Å². The molecule has 0 aliphatic carbocycles. The molecule has 14 heavy (non-hydrogen) atoms. The fraction of sp³-hybridized carbons (Fsp3) is 0.667. The summed E-state index contributed by atoms with van der Waals surface area (Å²) >= 11 is 0. The van der Waals surface area contributed by atoms with E-state index in [1.54, 1.807) is 10.9 Å². The van der Waals surface area contributed by atoms with Crippen LogP contribution in [0.2, 0.25) is 0 Å². The molecular weight excluding hydrogens is 182 g/mol. The van der Waals surface area contributed by atoms with Gasteiger partial charge in [-0.15, -0.1) is 0 Å². The van der Waals surface area contributed by atoms with Gasteiger partial charge < -0.3 is 15.5 Å². The van der Waals surface area contributed by atoms with E-state index in [2.05, 4.69) is 10.4 Å². The molecule has 5 heteroatoms. The predicted molar refractivity (Wildman–Crippen MR) is 54.0 cm³/mol. The third-order valence-corrected chi connectivity index (χ3v) is 2.19. The summed E-state index contributed by atoms with van der Waals surface area (Å²) in [5, 5.41) is 25.2. The molecule has 1 heterocycles. The Bertz CT molecular complexity index is 281. The maximum Gasteiger partial charge on any atom is 0.0726 e. The van der Waals surface area contributed by atoms with Crippen LogP contribution in [0.5, 0.6) is 0 Å². The zero-order valence-corrected chi connectivity index (χ0v) is 8.56. The molecule has 0 spiro atoms. The number of aromatic nitrogens is 2. The minimum atomic E-state index is -0.490. The monoisotopic (exact) mass is 199 g/mol. The molecule has 0 aliphatic heterocycles. The number of aliphatic hydroxyl groups is 2. The molecule has 1 aromatic rings. The Balaban J connectivity index is 2.47. The van der Waals surface area contributed by atoms with Gasteiger partial charge in [0, 0.05) is 25.2 Å². The molecule has 0 atom stereocenters. The van der Waals surface area contributed by atoms with Crippen molar-refractivity contribution >= 4 is 5.69 Å². The normalized spacial score (nSPS) is 11.7. The summed E-state index contributed by atoms with van der Waals surface area (Å²) in [6.45, 7) is 2.25. The zero-order chi connectivity index (χ0) is 10.6. The molecule has 0 fully saturated rings. The summed E-state index contributed by atoms with van der Waals surface area (Å²) in [5.41, 5.74) is 0.399. The summed E-state index contributed by atoms with van der Waals surface area (Å²) < 4.78 is 1.69. The van der Waals surface area contributed by atoms with Gasteiger partial charge in [-0.25, -0.2) is 0 Å². The van der Waals surface area contributed by atoms with Gasteiger partial charge in [0.1, 0.15) is 0 Å². The lowest BCUT2D eigenvalue weighted by molar-refractivity contribution is 0.0806. The van der Waals surface area contributed by atoms with E-state index in [9.17, 15) is 0 Å². The second-order valence-electron chi connectivity index (χ2n) is 3.88. The van der Waals surface area contributed by atoms with Gasteiger partial charge in [0.2, 0.25) is 0 Å². The number of aryl methyl sites for hydroxylation is 1. The van der Waals surface area contributed by atoms with Gasteiger partial charge in [0.15, 0.2) is 0 Å². The molecule has 0 unspecified atom stereocenters. The van der Waals surface area contributed by atoms with Crippen LogP contribution in [0.3, 0.4) is 0 Å². The van der Waals surface area contributed by atoms with Crippen molar-refractivity contribution in [3.05, 3.63) is 12.4 Å². The lowest BCUT2D eigenvalue weighted by Crippen LogP contribution is -2.33.